The van der Waals surface area contributed by atoms with Crippen molar-refractivity contribution in [2.24, 2.45) is 0 Å². The summed E-state index contributed by atoms with van der Waals surface area (Å²) >= 11 is 0. The quantitative estimate of drug-likeness (QED) is 0.428. The summed E-state index contributed by atoms with van der Waals surface area (Å²) in [6.45, 7) is 0.195. The summed E-state index contributed by atoms with van der Waals surface area (Å²) in [6, 6.07) is 1.24. The van der Waals surface area contributed by atoms with Crippen molar-refractivity contribution in [3.8, 4) is 0 Å². The molecule has 0 aliphatic carbocycles. The maximum absolute atomic E-state index is 10.2. The first-order valence-corrected chi connectivity index (χ1v) is 3.67. The molecule has 0 radical (unpaired) electrons. The summed E-state index contributed by atoms with van der Waals surface area (Å²) in [6.07, 6.45) is 3.71. The second-order valence-electron chi connectivity index (χ2n) is 2.39. The lowest BCUT2D eigenvalue weighted by Crippen LogP contribution is -1.98. The molecule has 1 aromatic heterocycles. The Kier molecular flexibility index (Phi) is 2.95. The van der Waals surface area contributed by atoms with Gasteiger partial charge in [0.15, 0.2) is 0 Å². The summed E-state index contributed by atoms with van der Waals surface area (Å²) in [5.74, 6) is -1.32. The van der Waals surface area contributed by atoms with Crippen molar-refractivity contribution in [1.29, 1.82) is 0 Å². The van der Waals surface area contributed by atoms with Gasteiger partial charge in [-0.25, -0.2) is 4.79 Å². The van der Waals surface area contributed by atoms with Crippen LogP contribution in [-0.2, 0) is 11.3 Å². The first-order chi connectivity index (χ1) is 6.59. The molecule has 1 rings (SSSR count). The lowest BCUT2D eigenvalue weighted by Gasteiger charge is -1.87. The van der Waals surface area contributed by atoms with Crippen molar-refractivity contribution >= 4 is 11.8 Å². The normalized spacial score (nSPS) is 10.6. The van der Waals surface area contributed by atoms with Gasteiger partial charge in [-0.2, -0.15) is 4.68 Å². The summed E-state index contributed by atoms with van der Waals surface area (Å²) in [5.41, 5.74) is 0. The van der Waals surface area contributed by atoms with Crippen LogP contribution in [0.5, 0.6) is 0 Å². The van der Waals surface area contributed by atoms with Gasteiger partial charge in [0.05, 0.1) is 23.9 Å². The van der Waals surface area contributed by atoms with Crippen molar-refractivity contribution in [2.45, 2.75) is 6.54 Å². The van der Waals surface area contributed by atoms with E-state index in [0.717, 1.165) is 6.08 Å². The predicted octanol–water partition coefficient (Wildman–Crippen LogP) is 0.432. The highest BCUT2D eigenvalue weighted by Gasteiger charge is 2.08. The molecule has 7 nitrogen and oxygen atoms in total. The van der Waals surface area contributed by atoms with Gasteiger partial charge >= 0.3 is 11.8 Å². The van der Waals surface area contributed by atoms with E-state index in [1.54, 1.807) is 0 Å². The van der Waals surface area contributed by atoms with E-state index in [9.17, 15) is 14.9 Å². The van der Waals surface area contributed by atoms with Crippen molar-refractivity contribution in [1.82, 2.24) is 9.78 Å². The maximum Gasteiger partial charge on any atom is 0.389 e. The number of carboxylic acid groups (broad SMARTS) is 1. The molecule has 0 aliphatic heterocycles. The Bertz CT molecular complexity index is 382. The number of aromatic nitrogens is 2. The smallest absolute Gasteiger partial charge is 0.389 e. The van der Waals surface area contributed by atoms with Gasteiger partial charge in [-0.1, -0.05) is 6.08 Å². The van der Waals surface area contributed by atoms with Gasteiger partial charge in [0.2, 0.25) is 0 Å². The molecule has 14 heavy (non-hydrogen) atoms. The third kappa shape index (κ3) is 2.70. The molecule has 0 amide bonds. The first kappa shape index (κ1) is 9.90. The predicted molar refractivity (Wildman–Crippen MR) is 45.7 cm³/mol. The molecule has 7 heteroatoms. The topological polar surface area (TPSA) is 98.3 Å². The third-order valence-electron chi connectivity index (χ3n) is 1.37. The molecule has 0 saturated heterocycles. The molecule has 0 bridgehead atoms. The molecular formula is C7H7N3O4. The zero-order chi connectivity index (χ0) is 10.6. The Morgan fingerprint density at radius 2 is 2.50 bits per heavy atom. The Morgan fingerprint density at radius 1 is 1.79 bits per heavy atom. The zero-order valence-corrected chi connectivity index (χ0v) is 7.03. The van der Waals surface area contributed by atoms with Crippen LogP contribution < -0.4 is 0 Å². The highest BCUT2D eigenvalue weighted by Crippen LogP contribution is 2.04. The molecule has 0 aromatic carbocycles. The van der Waals surface area contributed by atoms with Gasteiger partial charge in [-0.3, -0.25) is 0 Å². The van der Waals surface area contributed by atoms with Gasteiger partial charge in [0, 0.05) is 6.08 Å². The fourth-order valence-corrected chi connectivity index (χ4v) is 0.812. The molecule has 1 heterocycles. The van der Waals surface area contributed by atoms with E-state index in [4.69, 9.17) is 5.11 Å². The molecule has 0 fully saturated rings. The number of aliphatic carboxylic acids is 1. The van der Waals surface area contributed by atoms with Crippen LogP contribution in [0.4, 0.5) is 5.82 Å². The Hall–Kier alpha value is -2.18. The fourth-order valence-electron chi connectivity index (χ4n) is 0.812. The number of carbonyl (C=O) groups is 1. The van der Waals surface area contributed by atoms with Gasteiger partial charge in [-0.05, 0) is 4.92 Å². The summed E-state index contributed by atoms with van der Waals surface area (Å²) in [5, 5.41) is 22.1. The largest absolute Gasteiger partial charge is 0.478 e. The lowest BCUT2D eigenvalue weighted by molar-refractivity contribution is -0.389. The van der Waals surface area contributed by atoms with Gasteiger partial charge in [0.25, 0.3) is 0 Å². The van der Waals surface area contributed by atoms with Crippen LogP contribution in [0.2, 0.25) is 0 Å². The summed E-state index contributed by atoms with van der Waals surface area (Å²) in [7, 11) is 0. The van der Waals surface area contributed by atoms with E-state index in [1.807, 2.05) is 0 Å². The number of allylic oxidation sites excluding steroid dienone is 1. The average Bonchev–Trinajstić information content (AvgIpc) is 2.52. The van der Waals surface area contributed by atoms with Gasteiger partial charge in [-0.15, -0.1) is 0 Å². The van der Waals surface area contributed by atoms with Crippen LogP contribution in [0.15, 0.2) is 24.4 Å². The second kappa shape index (κ2) is 4.17. The standard InChI is InChI=1S/C7H7N3O4/c11-7(12)2-1-4-9-5-3-6(8-9)10(13)14/h1-3,5H,4H2,(H,11,12). The van der Waals surface area contributed by atoms with Crippen molar-refractivity contribution in [3.63, 3.8) is 0 Å². The molecule has 0 atom stereocenters. The fraction of sp³-hybridized carbons (Fsp3) is 0.143. The van der Waals surface area contributed by atoms with Gasteiger partial charge < -0.3 is 15.2 Å². The van der Waals surface area contributed by atoms with E-state index in [-0.39, 0.29) is 12.4 Å². The lowest BCUT2D eigenvalue weighted by atomic mass is 10.5. The molecule has 0 unspecified atom stereocenters. The highest BCUT2D eigenvalue weighted by molar-refractivity contribution is 5.79. The number of nitrogens with zero attached hydrogens (tertiary/aromatic N) is 3. The molecule has 0 saturated carbocycles. The van der Waals surface area contributed by atoms with E-state index >= 15 is 0 Å². The van der Waals surface area contributed by atoms with Crippen molar-refractivity contribution in [2.75, 3.05) is 0 Å². The van der Waals surface area contributed by atoms with E-state index in [0.29, 0.717) is 0 Å². The van der Waals surface area contributed by atoms with E-state index in [1.165, 1.54) is 23.0 Å². The second-order valence-corrected chi connectivity index (χ2v) is 2.39. The molecule has 0 aliphatic rings. The number of hydrogen-bond donors (Lipinski definition) is 1. The van der Waals surface area contributed by atoms with Crippen LogP contribution in [0, 0.1) is 10.1 Å². The SMILES string of the molecule is O=C(O)C=CCn1ccc([N+](=O)[O-])n1. The minimum Gasteiger partial charge on any atom is -0.478 e. The Labute approximate surface area is 78.4 Å². The van der Waals surface area contributed by atoms with Crippen LogP contribution in [0.25, 0.3) is 0 Å². The van der Waals surface area contributed by atoms with E-state index < -0.39 is 10.9 Å². The summed E-state index contributed by atoms with van der Waals surface area (Å²) < 4.78 is 1.28. The minimum atomic E-state index is -1.06. The number of carboxylic acids is 1. The molecular weight excluding hydrogens is 190 g/mol. The average molecular weight is 197 g/mol. The van der Waals surface area contributed by atoms with Gasteiger partial charge in [0.1, 0.15) is 0 Å². The summed E-state index contributed by atoms with van der Waals surface area (Å²) in [4.78, 5) is 19.7. The zero-order valence-electron chi connectivity index (χ0n) is 7.03. The Morgan fingerprint density at radius 3 is 3.00 bits per heavy atom. The number of nitro groups is 1. The van der Waals surface area contributed by atoms with Crippen LogP contribution in [0.1, 0.15) is 0 Å². The van der Waals surface area contributed by atoms with Crippen LogP contribution >= 0.6 is 0 Å². The minimum absolute atomic E-state index is 0.195. The maximum atomic E-state index is 10.2. The number of hydrogen-bond acceptors (Lipinski definition) is 4. The monoisotopic (exact) mass is 197 g/mol. The van der Waals surface area contributed by atoms with Crippen LogP contribution in [0.3, 0.4) is 0 Å². The molecule has 1 N–H and O–H groups in total. The Balaban J connectivity index is 2.60. The van der Waals surface area contributed by atoms with Crippen molar-refractivity contribution < 1.29 is 14.8 Å². The molecule has 74 valence electrons. The molecule has 1 aromatic rings. The molecule has 0 spiro atoms. The number of rotatable bonds is 4. The van der Waals surface area contributed by atoms with E-state index in [2.05, 4.69) is 5.10 Å². The first-order valence-electron chi connectivity index (χ1n) is 3.67. The van der Waals surface area contributed by atoms with Crippen LogP contribution in [-0.4, -0.2) is 25.8 Å². The highest BCUT2D eigenvalue weighted by atomic mass is 16.6. The third-order valence-corrected chi connectivity index (χ3v) is 1.37. The van der Waals surface area contributed by atoms with Crippen molar-refractivity contribution in [3.05, 3.63) is 34.5 Å².